The van der Waals surface area contributed by atoms with Crippen LogP contribution < -0.4 is 9.47 Å². The molecular formula is C22H18ClN3O2. The van der Waals surface area contributed by atoms with Gasteiger partial charge in [0.25, 0.3) is 0 Å². The van der Waals surface area contributed by atoms with E-state index in [0.717, 1.165) is 29.3 Å². The highest BCUT2D eigenvalue weighted by Crippen LogP contribution is 2.31. The third-order valence-electron chi connectivity index (χ3n) is 4.67. The van der Waals surface area contributed by atoms with E-state index in [0.29, 0.717) is 22.6 Å². The molecule has 2 aromatic carbocycles. The van der Waals surface area contributed by atoms with Crippen LogP contribution in [-0.2, 0) is 0 Å². The molecule has 6 heteroatoms. The number of halogens is 1. The van der Waals surface area contributed by atoms with Crippen LogP contribution in [0.25, 0.3) is 16.9 Å². The average molecular weight is 392 g/mol. The van der Waals surface area contributed by atoms with Crippen molar-refractivity contribution in [2.45, 2.75) is 12.8 Å². The molecule has 1 aliphatic rings. The second-order valence-corrected chi connectivity index (χ2v) is 7.36. The quantitative estimate of drug-likeness (QED) is 0.427. The summed E-state index contributed by atoms with van der Waals surface area (Å²) < 4.78 is 13.5. The van der Waals surface area contributed by atoms with Crippen LogP contribution in [0.1, 0.15) is 12.8 Å². The molecule has 28 heavy (non-hydrogen) atoms. The minimum atomic E-state index is 0.468. The lowest BCUT2D eigenvalue weighted by molar-refractivity contribution is 0.300. The number of fused-ring (bicyclic) bond motifs is 1. The molecule has 0 saturated heterocycles. The second-order valence-electron chi connectivity index (χ2n) is 6.93. The SMILES string of the molecule is Clc1cccc(Oc2ccc3ncc(-c4cccc(OCC5CC5)c4)n3n2)c1. The zero-order valence-corrected chi connectivity index (χ0v) is 15.8. The van der Waals surface area contributed by atoms with E-state index in [1.165, 1.54) is 12.8 Å². The Bertz CT molecular complexity index is 1140. The van der Waals surface area contributed by atoms with Gasteiger partial charge in [-0.2, -0.15) is 0 Å². The van der Waals surface area contributed by atoms with Crippen LogP contribution in [0.3, 0.4) is 0 Å². The van der Waals surface area contributed by atoms with Crippen LogP contribution in [0.5, 0.6) is 17.4 Å². The third-order valence-corrected chi connectivity index (χ3v) is 4.90. The van der Waals surface area contributed by atoms with Gasteiger partial charge in [-0.3, -0.25) is 0 Å². The van der Waals surface area contributed by atoms with E-state index < -0.39 is 0 Å². The molecule has 5 rings (SSSR count). The van der Waals surface area contributed by atoms with Crippen LogP contribution >= 0.6 is 11.6 Å². The van der Waals surface area contributed by atoms with Gasteiger partial charge in [0.1, 0.15) is 11.5 Å². The Hall–Kier alpha value is -3.05. The van der Waals surface area contributed by atoms with E-state index in [-0.39, 0.29) is 0 Å². The normalized spacial score (nSPS) is 13.6. The van der Waals surface area contributed by atoms with Crippen molar-refractivity contribution in [1.82, 2.24) is 14.6 Å². The fraction of sp³-hybridized carbons (Fsp3) is 0.182. The summed E-state index contributed by atoms with van der Waals surface area (Å²) in [6.07, 6.45) is 4.35. The van der Waals surface area contributed by atoms with Crippen molar-refractivity contribution in [3.63, 3.8) is 0 Å². The lowest BCUT2D eigenvalue weighted by Gasteiger charge is -2.08. The van der Waals surface area contributed by atoms with Crippen LogP contribution in [0.2, 0.25) is 5.02 Å². The highest BCUT2D eigenvalue weighted by molar-refractivity contribution is 6.30. The number of imidazole rings is 1. The Morgan fingerprint density at radius 3 is 2.71 bits per heavy atom. The number of hydrogen-bond acceptors (Lipinski definition) is 4. The molecule has 140 valence electrons. The summed E-state index contributed by atoms with van der Waals surface area (Å²) in [7, 11) is 0. The van der Waals surface area contributed by atoms with Gasteiger partial charge < -0.3 is 9.47 Å². The first kappa shape index (κ1) is 17.1. The molecule has 2 aromatic heterocycles. The number of nitrogens with zero attached hydrogens (tertiary/aromatic N) is 3. The monoisotopic (exact) mass is 391 g/mol. The number of hydrogen-bond donors (Lipinski definition) is 0. The van der Waals surface area contributed by atoms with Gasteiger partial charge in [0, 0.05) is 16.7 Å². The van der Waals surface area contributed by atoms with Crippen molar-refractivity contribution in [1.29, 1.82) is 0 Å². The molecule has 0 atom stereocenters. The molecule has 1 fully saturated rings. The zero-order valence-electron chi connectivity index (χ0n) is 15.1. The van der Waals surface area contributed by atoms with Gasteiger partial charge in [-0.15, -0.1) is 5.10 Å². The lowest BCUT2D eigenvalue weighted by Crippen LogP contribution is -2.00. The molecule has 5 nitrogen and oxygen atoms in total. The van der Waals surface area contributed by atoms with Crippen molar-refractivity contribution in [2.24, 2.45) is 5.92 Å². The van der Waals surface area contributed by atoms with Crippen molar-refractivity contribution in [3.05, 3.63) is 71.9 Å². The van der Waals surface area contributed by atoms with E-state index in [1.807, 2.05) is 48.7 Å². The minimum Gasteiger partial charge on any atom is -0.493 e. The maximum atomic E-state index is 6.03. The molecule has 0 N–H and O–H groups in total. The fourth-order valence-electron chi connectivity index (χ4n) is 3.00. The Morgan fingerprint density at radius 1 is 1.00 bits per heavy atom. The van der Waals surface area contributed by atoms with Gasteiger partial charge in [-0.25, -0.2) is 9.50 Å². The van der Waals surface area contributed by atoms with Crippen LogP contribution in [0.15, 0.2) is 66.9 Å². The maximum absolute atomic E-state index is 6.03. The van der Waals surface area contributed by atoms with Crippen LogP contribution in [0, 0.1) is 5.92 Å². The van der Waals surface area contributed by atoms with Gasteiger partial charge >= 0.3 is 0 Å². The highest BCUT2D eigenvalue weighted by atomic mass is 35.5. The molecular weight excluding hydrogens is 374 g/mol. The molecule has 0 amide bonds. The predicted octanol–water partition coefficient (Wildman–Crippen LogP) is 5.63. The number of benzene rings is 2. The molecule has 0 unspecified atom stereocenters. The van der Waals surface area contributed by atoms with Gasteiger partial charge in [0.15, 0.2) is 5.65 Å². The topological polar surface area (TPSA) is 48.7 Å². The molecule has 0 radical (unpaired) electrons. The molecule has 4 aromatic rings. The van der Waals surface area contributed by atoms with Gasteiger partial charge in [0.05, 0.1) is 18.5 Å². The smallest absolute Gasteiger partial charge is 0.237 e. The minimum absolute atomic E-state index is 0.468. The van der Waals surface area contributed by atoms with Crippen molar-refractivity contribution < 1.29 is 9.47 Å². The Kier molecular flexibility index (Phi) is 4.37. The van der Waals surface area contributed by atoms with Crippen LogP contribution in [-0.4, -0.2) is 21.2 Å². The molecule has 0 bridgehead atoms. The van der Waals surface area contributed by atoms with E-state index in [9.17, 15) is 0 Å². The Labute approximate surface area is 167 Å². The zero-order chi connectivity index (χ0) is 18.9. The van der Waals surface area contributed by atoms with E-state index in [4.69, 9.17) is 21.1 Å². The number of ether oxygens (including phenoxy) is 2. The molecule has 2 heterocycles. The Balaban J connectivity index is 1.45. The number of aromatic nitrogens is 3. The second kappa shape index (κ2) is 7.17. The van der Waals surface area contributed by atoms with Crippen LogP contribution in [0.4, 0.5) is 0 Å². The summed E-state index contributed by atoms with van der Waals surface area (Å²) in [6.45, 7) is 0.784. The average Bonchev–Trinajstić information content (AvgIpc) is 3.44. The predicted molar refractivity (Wildman–Crippen MR) is 108 cm³/mol. The summed E-state index contributed by atoms with van der Waals surface area (Å²) in [6, 6.07) is 18.9. The van der Waals surface area contributed by atoms with E-state index in [2.05, 4.69) is 10.1 Å². The molecule has 0 aliphatic heterocycles. The van der Waals surface area contributed by atoms with E-state index >= 15 is 0 Å². The highest BCUT2D eigenvalue weighted by Gasteiger charge is 2.22. The summed E-state index contributed by atoms with van der Waals surface area (Å²) in [5, 5.41) is 5.21. The standard InChI is InChI=1S/C22H18ClN3O2/c23-17-4-2-6-19(12-17)28-22-10-9-21-24-13-20(26(21)25-22)16-3-1-5-18(11-16)27-14-15-7-8-15/h1-6,9-13,15H,7-8,14H2. The summed E-state index contributed by atoms with van der Waals surface area (Å²) in [5.74, 6) is 2.68. The molecule has 0 spiro atoms. The summed E-state index contributed by atoms with van der Waals surface area (Å²) in [4.78, 5) is 4.45. The lowest BCUT2D eigenvalue weighted by atomic mass is 10.1. The fourth-order valence-corrected chi connectivity index (χ4v) is 3.18. The van der Waals surface area contributed by atoms with Crippen molar-refractivity contribution in [3.8, 4) is 28.6 Å². The van der Waals surface area contributed by atoms with Crippen molar-refractivity contribution >= 4 is 17.2 Å². The summed E-state index contributed by atoms with van der Waals surface area (Å²) >= 11 is 6.03. The maximum Gasteiger partial charge on any atom is 0.237 e. The first-order valence-corrected chi connectivity index (χ1v) is 9.64. The number of rotatable bonds is 6. The third kappa shape index (κ3) is 3.66. The van der Waals surface area contributed by atoms with Gasteiger partial charge in [-0.1, -0.05) is 29.8 Å². The Morgan fingerprint density at radius 2 is 1.86 bits per heavy atom. The van der Waals surface area contributed by atoms with Gasteiger partial charge in [-0.05, 0) is 55.2 Å². The first-order chi connectivity index (χ1) is 13.7. The summed E-state index contributed by atoms with van der Waals surface area (Å²) in [5.41, 5.74) is 2.62. The largest absolute Gasteiger partial charge is 0.493 e. The molecule has 1 saturated carbocycles. The first-order valence-electron chi connectivity index (χ1n) is 9.26. The van der Waals surface area contributed by atoms with Crippen molar-refractivity contribution in [2.75, 3.05) is 6.61 Å². The molecule has 1 aliphatic carbocycles. The van der Waals surface area contributed by atoms with Gasteiger partial charge in [0.2, 0.25) is 5.88 Å². The van der Waals surface area contributed by atoms with E-state index in [1.54, 1.807) is 22.7 Å².